The molecule has 19 heavy (non-hydrogen) atoms. The molecule has 0 spiro atoms. The largest absolute Gasteiger partial charge is 0.326 e. The van der Waals surface area contributed by atoms with E-state index < -0.39 is 0 Å². The van der Waals surface area contributed by atoms with Gasteiger partial charge in [0.15, 0.2) is 0 Å². The van der Waals surface area contributed by atoms with Crippen molar-refractivity contribution in [3.63, 3.8) is 0 Å². The molecule has 0 bridgehead atoms. The van der Waals surface area contributed by atoms with Gasteiger partial charge in [0.2, 0.25) is 0 Å². The highest BCUT2D eigenvalue weighted by molar-refractivity contribution is 5.26. The average Bonchev–Trinajstić information content (AvgIpc) is 2.69. The van der Waals surface area contributed by atoms with Gasteiger partial charge in [0, 0.05) is 25.2 Å². The highest BCUT2D eigenvalue weighted by Gasteiger charge is 2.34. The Balaban J connectivity index is 2.26. The van der Waals surface area contributed by atoms with E-state index in [0.29, 0.717) is 6.04 Å². The summed E-state index contributed by atoms with van der Waals surface area (Å²) in [5.41, 5.74) is 9.14. The Labute approximate surface area is 118 Å². The number of nitrogens with zero attached hydrogens (tertiary/aromatic N) is 1. The lowest BCUT2D eigenvalue weighted by Gasteiger charge is -2.33. The van der Waals surface area contributed by atoms with E-state index in [4.69, 9.17) is 5.73 Å². The normalized spacial score (nSPS) is 27.4. The molecular formula is C17H28N2. The third-order valence-electron chi connectivity index (χ3n) is 4.67. The predicted octanol–water partition coefficient (Wildman–Crippen LogP) is 3.36. The van der Waals surface area contributed by atoms with E-state index in [2.05, 4.69) is 56.9 Å². The second-order valence-corrected chi connectivity index (χ2v) is 6.34. The highest BCUT2D eigenvalue weighted by Crippen LogP contribution is 2.33. The molecule has 106 valence electrons. The van der Waals surface area contributed by atoms with Gasteiger partial charge in [-0.05, 0) is 30.7 Å². The fourth-order valence-electron chi connectivity index (χ4n) is 3.21. The van der Waals surface area contributed by atoms with Crippen LogP contribution in [0.3, 0.4) is 0 Å². The van der Waals surface area contributed by atoms with Crippen LogP contribution in [0.25, 0.3) is 0 Å². The molecular weight excluding hydrogens is 232 g/mol. The van der Waals surface area contributed by atoms with Crippen molar-refractivity contribution >= 4 is 0 Å². The van der Waals surface area contributed by atoms with E-state index in [9.17, 15) is 0 Å². The first-order valence-electron chi connectivity index (χ1n) is 7.59. The van der Waals surface area contributed by atoms with Crippen LogP contribution in [-0.2, 0) is 0 Å². The molecule has 2 nitrogen and oxygen atoms in total. The maximum atomic E-state index is 6.43. The first kappa shape index (κ1) is 14.5. The molecule has 0 aromatic heterocycles. The van der Waals surface area contributed by atoms with Gasteiger partial charge in [0.25, 0.3) is 0 Å². The Morgan fingerprint density at radius 2 is 1.89 bits per heavy atom. The van der Waals surface area contributed by atoms with Crippen molar-refractivity contribution in [2.45, 2.75) is 46.2 Å². The Hall–Kier alpha value is -0.860. The van der Waals surface area contributed by atoms with Crippen molar-refractivity contribution < 1.29 is 0 Å². The molecule has 1 aliphatic rings. The molecule has 0 saturated carbocycles. The second-order valence-electron chi connectivity index (χ2n) is 6.34. The number of likely N-dealkylation sites (tertiary alicyclic amines) is 1. The first-order chi connectivity index (χ1) is 9.02. The molecule has 1 aromatic rings. The molecule has 0 radical (unpaired) electrons. The summed E-state index contributed by atoms with van der Waals surface area (Å²) in [4.78, 5) is 2.60. The van der Waals surface area contributed by atoms with Crippen LogP contribution in [0.15, 0.2) is 24.3 Å². The summed E-state index contributed by atoms with van der Waals surface area (Å²) in [7, 11) is 0. The number of benzene rings is 1. The molecule has 1 heterocycles. The fourth-order valence-corrected chi connectivity index (χ4v) is 3.21. The zero-order valence-corrected chi connectivity index (χ0v) is 12.8. The Kier molecular flexibility index (Phi) is 4.64. The third-order valence-corrected chi connectivity index (χ3v) is 4.67. The monoisotopic (exact) mass is 260 g/mol. The van der Waals surface area contributed by atoms with Crippen molar-refractivity contribution in [1.29, 1.82) is 0 Å². The van der Waals surface area contributed by atoms with Crippen LogP contribution in [0.2, 0.25) is 0 Å². The zero-order valence-electron chi connectivity index (χ0n) is 12.8. The van der Waals surface area contributed by atoms with Crippen molar-refractivity contribution in [2.24, 2.45) is 17.6 Å². The summed E-state index contributed by atoms with van der Waals surface area (Å²) in [6.07, 6.45) is 1.03. The maximum Gasteiger partial charge on any atom is 0.0499 e. The van der Waals surface area contributed by atoms with E-state index in [1.165, 1.54) is 24.2 Å². The SMILES string of the molecule is CCC(N)C(c1cccc(C)c1)N1CC(C)C(C)C1. The van der Waals surface area contributed by atoms with Crippen LogP contribution in [-0.4, -0.2) is 24.0 Å². The molecule has 1 fully saturated rings. The van der Waals surface area contributed by atoms with Gasteiger partial charge in [-0.1, -0.05) is 50.6 Å². The van der Waals surface area contributed by atoms with Gasteiger partial charge in [-0.25, -0.2) is 0 Å². The fraction of sp³-hybridized carbons (Fsp3) is 0.647. The van der Waals surface area contributed by atoms with Gasteiger partial charge in [-0.15, -0.1) is 0 Å². The highest BCUT2D eigenvalue weighted by atomic mass is 15.2. The number of rotatable bonds is 4. The molecule has 2 heteroatoms. The number of nitrogens with two attached hydrogens (primary N) is 1. The maximum absolute atomic E-state index is 6.43. The standard InChI is InChI=1S/C17H28N2/c1-5-16(18)17(15-8-6-7-12(2)9-15)19-10-13(3)14(4)11-19/h6-9,13-14,16-17H,5,10-11,18H2,1-4H3. The van der Waals surface area contributed by atoms with E-state index in [1.54, 1.807) is 0 Å². The van der Waals surface area contributed by atoms with Gasteiger partial charge in [-0.2, -0.15) is 0 Å². The minimum atomic E-state index is 0.222. The van der Waals surface area contributed by atoms with Gasteiger partial charge in [0.1, 0.15) is 0 Å². The van der Waals surface area contributed by atoms with Crippen LogP contribution in [0, 0.1) is 18.8 Å². The molecule has 0 amide bonds. The van der Waals surface area contributed by atoms with E-state index in [-0.39, 0.29) is 6.04 Å². The van der Waals surface area contributed by atoms with Gasteiger partial charge in [-0.3, -0.25) is 4.90 Å². The lowest BCUT2D eigenvalue weighted by atomic mass is 9.95. The lowest BCUT2D eigenvalue weighted by molar-refractivity contribution is 0.200. The van der Waals surface area contributed by atoms with E-state index >= 15 is 0 Å². The topological polar surface area (TPSA) is 29.3 Å². The summed E-state index contributed by atoms with van der Waals surface area (Å²) in [5, 5.41) is 0. The van der Waals surface area contributed by atoms with Crippen LogP contribution >= 0.6 is 0 Å². The molecule has 4 atom stereocenters. The summed E-state index contributed by atoms with van der Waals surface area (Å²) in [5.74, 6) is 1.55. The molecule has 1 saturated heterocycles. The van der Waals surface area contributed by atoms with Crippen molar-refractivity contribution in [2.75, 3.05) is 13.1 Å². The smallest absolute Gasteiger partial charge is 0.0499 e. The lowest BCUT2D eigenvalue weighted by Crippen LogP contribution is -2.40. The van der Waals surface area contributed by atoms with Crippen molar-refractivity contribution in [1.82, 2.24) is 4.90 Å². The minimum absolute atomic E-state index is 0.222. The zero-order chi connectivity index (χ0) is 14.0. The number of hydrogen-bond donors (Lipinski definition) is 1. The van der Waals surface area contributed by atoms with Gasteiger partial charge < -0.3 is 5.73 Å². The van der Waals surface area contributed by atoms with Gasteiger partial charge in [0.05, 0.1) is 0 Å². The number of hydrogen-bond acceptors (Lipinski definition) is 2. The molecule has 4 unspecified atom stereocenters. The van der Waals surface area contributed by atoms with Crippen molar-refractivity contribution in [3.05, 3.63) is 35.4 Å². The average molecular weight is 260 g/mol. The quantitative estimate of drug-likeness (QED) is 0.899. The number of aryl methyl sites for hydroxylation is 1. The van der Waals surface area contributed by atoms with E-state index in [1.807, 2.05) is 0 Å². The summed E-state index contributed by atoms with van der Waals surface area (Å²) in [6.45, 7) is 11.4. The van der Waals surface area contributed by atoms with E-state index in [0.717, 1.165) is 18.3 Å². The Bertz CT molecular complexity index is 405. The molecule has 2 rings (SSSR count). The molecule has 1 aromatic carbocycles. The molecule has 0 aliphatic carbocycles. The summed E-state index contributed by atoms with van der Waals surface area (Å²) >= 11 is 0. The summed E-state index contributed by atoms with van der Waals surface area (Å²) < 4.78 is 0. The van der Waals surface area contributed by atoms with Gasteiger partial charge >= 0.3 is 0 Å². The first-order valence-corrected chi connectivity index (χ1v) is 7.59. The minimum Gasteiger partial charge on any atom is -0.326 e. The van der Waals surface area contributed by atoms with Crippen LogP contribution in [0.1, 0.15) is 44.4 Å². The second kappa shape index (κ2) is 6.06. The third kappa shape index (κ3) is 3.18. The van der Waals surface area contributed by atoms with Crippen LogP contribution in [0.5, 0.6) is 0 Å². The van der Waals surface area contributed by atoms with Crippen LogP contribution < -0.4 is 5.73 Å². The molecule has 2 N–H and O–H groups in total. The predicted molar refractivity (Wildman–Crippen MR) is 82.1 cm³/mol. The Morgan fingerprint density at radius 3 is 2.42 bits per heavy atom. The van der Waals surface area contributed by atoms with Crippen molar-refractivity contribution in [3.8, 4) is 0 Å². The molecule has 1 aliphatic heterocycles. The summed E-state index contributed by atoms with van der Waals surface area (Å²) in [6, 6.07) is 9.45. The van der Waals surface area contributed by atoms with Crippen LogP contribution in [0.4, 0.5) is 0 Å². The Morgan fingerprint density at radius 1 is 1.26 bits per heavy atom.